The number of carbonyl (C=O) groups is 1. The Bertz CT molecular complexity index is 448. The van der Waals surface area contributed by atoms with E-state index in [9.17, 15) is 4.79 Å². The Balaban J connectivity index is 2.88. The molecule has 5 nitrogen and oxygen atoms in total. The second-order valence-electron chi connectivity index (χ2n) is 4.97. The molecule has 0 aromatic carbocycles. The molecule has 1 atom stereocenters. The topological polar surface area (TPSA) is 71.2 Å². The fourth-order valence-corrected chi connectivity index (χ4v) is 3.67. The van der Waals surface area contributed by atoms with Crippen LogP contribution in [0.4, 0.5) is 10.9 Å². The maximum absolute atomic E-state index is 12.5. The molecule has 3 N–H and O–H groups in total. The molecule has 0 fully saturated rings. The van der Waals surface area contributed by atoms with Gasteiger partial charge in [0.25, 0.3) is 5.91 Å². The van der Waals surface area contributed by atoms with Crippen molar-refractivity contribution in [2.75, 3.05) is 30.1 Å². The van der Waals surface area contributed by atoms with E-state index in [2.05, 4.69) is 17.2 Å². The maximum Gasteiger partial charge on any atom is 0.267 e. The largest absolute Gasteiger partial charge is 0.382 e. The van der Waals surface area contributed by atoms with Gasteiger partial charge in [-0.1, -0.05) is 18.3 Å². The fraction of sp³-hybridized carbons (Fsp3) is 0.692. The molecule has 0 aliphatic heterocycles. The van der Waals surface area contributed by atoms with Crippen molar-refractivity contribution < 1.29 is 4.79 Å². The molecule has 0 saturated carbocycles. The van der Waals surface area contributed by atoms with Crippen LogP contribution in [-0.2, 0) is 0 Å². The van der Waals surface area contributed by atoms with Crippen LogP contribution in [0, 0.1) is 0 Å². The first-order chi connectivity index (χ1) is 9.40. The molecule has 0 aliphatic rings. The minimum atomic E-state index is -0.0438. The predicted molar refractivity (Wildman–Crippen MR) is 89.8 cm³/mol. The van der Waals surface area contributed by atoms with Gasteiger partial charge in [-0.2, -0.15) is 11.8 Å². The second kappa shape index (κ2) is 7.73. The molecular weight excluding hydrogens is 292 g/mol. The summed E-state index contributed by atoms with van der Waals surface area (Å²) in [7, 11) is 1.83. The molecule has 1 aromatic heterocycles. The van der Waals surface area contributed by atoms with Gasteiger partial charge in [-0.25, -0.2) is 4.98 Å². The molecule has 1 heterocycles. The molecule has 0 bridgehead atoms. The number of anilines is 2. The molecule has 1 aromatic rings. The lowest BCUT2D eigenvalue weighted by molar-refractivity contribution is 0.0749. The van der Waals surface area contributed by atoms with Gasteiger partial charge in [0.2, 0.25) is 0 Å². The second-order valence-corrected chi connectivity index (χ2v) is 6.88. The first-order valence-corrected chi connectivity index (χ1v) is 8.90. The zero-order valence-electron chi connectivity index (χ0n) is 12.8. The van der Waals surface area contributed by atoms with Gasteiger partial charge in [0, 0.05) is 24.9 Å². The van der Waals surface area contributed by atoms with Crippen LogP contribution in [0.2, 0.25) is 0 Å². The van der Waals surface area contributed by atoms with Gasteiger partial charge < -0.3 is 16.0 Å². The van der Waals surface area contributed by atoms with Crippen LogP contribution in [0.15, 0.2) is 0 Å². The van der Waals surface area contributed by atoms with Crippen molar-refractivity contribution in [1.82, 2.24) is 9.88 Å². The van der Waals surface area contributed by atoms with Crippen molar-refractivity contribution >= 4 is 40.0 Å². The highest BCUT2D eigenvalue weighted by molar-refractivity contribution is 7.98. The molecule has 0 spiro atoms. The molecule has 0 radical (unpaired) electrons. The van der Waals surface area contributed by atoms with Gasteiger partial charge in [-0.15, -0.1) is 0 Å². The summed E-state index contributed by atoms with van der Waals surface area (Å²) in [6, 6.07) is 0.488. The van der Waals surface area contributed by atoms with E-state index in [0.29, 0.717) is 15.8 Å². The van der Waals surface area contributed by atoms with Crippen LogP contribution < -0.4 is 11.1 Å². The van der Waals surface area contributed by atoms with Crippen LogP contribution in [0.5, 0.6) is 0 Å². The summed E-state index contributed by atoms with van der Waals surface area (Å²) in [5, 5.41) is 3.88. The van der Waals surface area contributed by atoms with Crippen molar-refractivity contribution in [2.24, 2.45) is 0 Å². The third-order valence-electron chi connectivity index (χ3n) is 2.96. The Kier molecular flexibility index (Phi) is 6.61. The van der Waals surface area contributed by atoms with E-state index in [-0.39, 0.29) is 18.0 Å². The number of thiazole rings is 1. The van der Waals surface area contributed by atoms with Crippen molar-refractivity contribution in [2.45, 2.75) is 39.3 Å². The first-order valence-electron chi connectivity index (χ1n) is 6.69. The first kappa shape index (κ1) is 17.1. The zero-order valence-corrected chi connectivity index (χ0v) is 14.4. The predicted octanol–water partition coefficient (Wildman–Crippen LogP) is 2.76. The number of rotatable bonds is 7. The van der Waals surface area contributed by atoms with Crippen LogP contribution in [0.3, 0.4) is 0 Å². The van der Waals surface area contributed by atoms with Crippen LogP contribution in [-0.4, -0.2) is 46.9 Å². The van der Waals surface area contributed by atoms with E-state index >= 15 is 0 Å². The molecule has 1 rings (SSSR count). The molecule has 0 aliphatic carbocycles. The highest BCUT2D eigenvalue weighted by Gasteiger charge is 2.24. The van der Waals surface area contributed by atoms with E-state index in [0.717, 1.165) is 12.2 Å². The molecule has 7 heteroatoms. The average molecular weight is 316 g/mol. The van der Waals surface area contributed by atoms with Crippen molar-refractivity contribution in [3.63, 3.8) is 0 Å². The summed E-state index contributed by atoms with van der Waals surface area (Å²) in [5.41, 5.74) is 5.88. The number of hydrogen-bond donors (Lipinski definition) is 2. The van der Waals surface area contributed by atoms with Crippen LogP contribution in [0.25, 0.3) is 0 Å². The monoisotopic (exact) mass is 316 g/mol. The number of amides is 1. The third-order valence-corrected chi connectivity index (χ3v) is 4.67. The summed E-state index contributed by atoms with van der Waals surface area (Å²) < 4.78 is 0. The van der Waals surface area contributed by atoms with E-state index in [1.54, 1.807) is 16.7 Å². The Morgan fingerprint density at radius 2 is 2.20 bits per heavy atom. The SMILES string of the molecule is CCC(CSC)N(C)C(=O)c1sc(NC(C)C)nc1N. The molecule has 0 saturated heterocycles. The van der Waals surface area contributed by atoms with Crippen molar-refractivity contribution in [3.8, 4) is 0 Å². The summed E-state index contributed by atoms with van der Waals surface area (Å²) in [6.07, 6.45) is 2.98. The molecular formula is C13H24N4OS2. The molecule has 114 valence electrons. The van der Waals surface area contributed by atoms with Crippen LogP contribution in [0.1, 0.15) is 36.9 Å². The number of nitrogens with two attached hydrogens (primary N) is 1. The third kappa shape index (κ3) is 4.28. The number of hydrogen-bond acceptors (Lipinski definition) is 6. The van der Waals surface area contributed by atoms with Gasteiger partial charge >= 0.3 is 0 Å². The number of thioether (sulfide) groups is 1. The lowest BCUT2D eigenvalue weighted by Gasteiger charge is -2.26. The van der Waals surface area contributed by atoms with E-state index < -0.39 is 0 Å². The number of carbonyl (C=O) groups excluding carboxylic acids is 1. The highest BCUT2D eigenvalue weighted by Crippen LogP contribution is 2.27. The van der Waals surface area contributed by atoms with Gasteiger partial charge in [0.15, 0.2) is 5.13 Å². The summed E-state index contributed by atoms with van der Waals surface area (Å²) in [6.45, 7) is 6.14. The number of nitrogens with one attached hydrogen (secondary N) is 1. The maximum atomic E-state index is 12.5. The number of nitrogens with zero attached hydrogens (tertiary/aromatic N) is 2. The van der Waals surface area contributed by atoms with E-state index in [4.69, 9.17) is 5.73 Å². The standard InChI is InChI=1S/C13H24N4OS2/c1-6-9(7-19-5)17(4)12(18)10-11(14)16-13(20-10)15-8(2)3/h8-9H,6-7,14H2,1-5H3,(H,15,16). The lowest BCUT2D eigenvalue weighted by Crippen LogP contribution is -2.38. The van der Waals surface area contributed by atoms with Gasteiger partial charge in [-0.3, -0.25) is 4.79 Å². The molecule has 1 amide bonds. The minimum Gasteiger partial charge on any atom is -0.382 e. The zero-order chi connectivity index (χ0) is 15.3. The lowest BCUT2D eigenvalue weighted by atomic mass is 10.2. The Hall–Kier alpha value is -0.950. The van der Waals surface area contributed by atoms with Crippen molar-refractivity contribution in [3.05, 3.63) is 4.88 Å². The van der Waals surface area contributed by atoms with E-state index in [1.807, 2.05) is 27.2 Å². The number of nitrogen functional groups attached to an aromatic ring is 1. The Morgan fingerprint density at radius 3 is 2.70 bits per heavy atom. The summed E-state index contributed by atoms with van der Waals surface area (Å²) in [4.78, 5) is 19.0. The Labute approximate surface area is 129 Å². The van der Waals surface area contributed by atoms with Crippen LogP contribution >= 0.6 is 23.1 Å². The van der Waals surface area contributed by atoms with E-state index in [1.165, 1.54) is 11.3 Å². The quantitative estimate of drug-likeness (QED) is 0.809. The molecule has 1 unspecified atom stereocenters. The highest BCUT2D eigenvalue weighted by atomic mass is 32.2. The fourth-order valence-electron chi connectivity index (χ4n) is 1.82. The smallest absolute Gasteiger partial charge is 0.267 e. The van der Waals surface area contributed by atoms with Crippen molar-refractivity contribution in [1.29, 1.82) is 0 Å². The normalized spacial score (nSPS) is 12.5. The van der Waals surface area contributed by atoms with Gasteiger partial charge in [0.1, 0.15) is 10.7 Å². The Morgan fingerprint density at radius 1 is 1.55 bits per heavy atom. The minimum absolute atomic E-state index is 0.0438. The summed E-state index contributed by atoms with van der Waals surface area (Å²) in [5.74, 6) is 1.20. The van der Waals surface area contributed by atoms with Gasteiger partial charge in [0.05, 0.1) is 0 Å². The average Bonchev–Trinajstić information content (AvgIpc) is 2.74. The number of aromatic nitrogens is 1. The van der Waals surface area contributed by atoms with Gasteiger partial charge in [-0.05, 0) is 26.5 Å². The molecule has 20 heavy (non-hydrogen) atoms. The summed E-state index contributed by atoms with van der Waals surface area (Å²) >= 11 is 3.07.